The Balaban J connectivity index is 0.00000264. The summed E-state index contributed by atoms with van der Waals surface area (Å²) in [5.74, 6) is 0.731. The molecule has 0 saturated heterocycles. The van der Waals surface area contributed by atoms with Crippen molar-refractivity contribution in [3.05, 3.63) is 27.7 Å². The van der Waals surface area contributed by atoms with Gasteiger partial charge in [-0.1, -0.05) is 23.2 Å². The minimum absolute atomic E-state index is 0. The van der Waals surface area contributed by atoms with Crippen LogP contribution in [0.25, 0.3) is 0 Å². The largest absolute Gasteiger partial charge is 0.495 e. The first kappa shape index (κ1) is 19.8. The maximum absolute atomic E-state index is 6.16. The maximum Gasteiger partial charge on any atom is 0.226 e. The Morgan fingerprint density at radius 1 is 1.22 bits per heavy atom. The monoisotopic (exact) mass is 425 g/mol. The summed E-state index contributed by atoms with van der Waals surface area (Å²) in [7, 11) is 1.52. The van der Waals surface area contributed by atoms with Crippen LogP contribution in [0, 0.1) is 0 Å². The third-order valence-electron chi connectivity index (χ3n) is 2.99. The van der Waals surface area contributed by atoms with E-state index >= 15 is 0 Å². The molecule has 1 heterocycles. The van der Waals surface area contributed by atoms with Crippen LogP contribution in [0.2, 0.25) is 10.0 Å². The van der Waals surface area contributed by atoms with E-state index in [0.29, 0.717) is 21.4 Å². The number of rotatable bonds is 4. The molecule has 0 bridgehead atoms. The van der Waals surface area contributed by atoms with Gasteiger partial charge in [-0.25, -0.2) is 4.99 Å². The molecule has 0 atom stereocenters. The van der Waals surface area contributed by atoms with Gasteiger partial charge in [-0.15, -0.1) is 17.0 Å². The summed E-state index contributed by atoms with van der Waals surface area (Å²) >= 11 is 12.2. The standard InChI is InChI=1S/C13H17Cl2N5O2.BrH/c1-13(2)19-11(16)18-12(17)20(13)22-6-7-4-10(21-3)9(15)5-8(7)14;/h4-5H,6H2,1-3H3,(H4,16,17,18,19);1H. The van der Waals surface area contributed by atoms with Crippen molar-refractivity contribution >= 4 is 52.1 Å². The van der Waals surface area contributed by atoms with Gasteiger partial charge in [0.1, 0.15) is 12.4 Å². The highest BCUT2D eigenvalue weighted by Gasteiger charge is 2.33. The van der Waals surface area contributed by atoms with Crippen molar-refractivity contribution < 1.29 is 9.57 Å². The first-order chi connectivity index (χ1) is 10.2. The van der Waals surface area contributed by atoms with Crippen LogP contribution in [0.4, 0.5) is 0 Å². The van der Waals surface area contributed by atoms with Crippen molar-refractivity contribution in [2.45, 2.75) is 26.1 Å². The Hall–Kier alpha value is -1.22. The lowest BCUT2D eigenvalue weighted by atomic mass is 10.2. The Kier molecular flexibility index (Phi) is 6.52. The predicted octanol–water partition coefficient (Wildman–Crippen LogP) is 2.69. The Morgan fingerprint density at radius 2 is 1.87 bits per heavy atom. The van der Waals surface area contributed by atoms with Crippen LogP contribution in [0.5, 0.6) is 5.75 Å². The number of hydrogen-bond donors (Lipinski definition) is 2. The summed E-state index contributed by atoms with van der Waals surface area (Å²) in [6.45, 7) is 3.73. The summed E-state index contributed by atoms with van der Waals surface area (Å²) in [6, 6.07) is 3.29. The number of guanidine groups is 2. The van der Waals surface area contributed by atoms with Crippen molar-refractivity contribution in [3.63, 3.8) is 0 Å². The Bertz CT molecular complexity index is 651. The van der Waals surface area contributed by atoms with E-state index in [2.05, 4.69) is 9.98 Å². The smallest absolute Gasteiger partial charge is 0.226 e. The van der Waals surface area contributed by atoms with Gasteiger partial charge in [-0.3, -0.25) is 4.84 Å². The molecule has 2 rings (SSSR count). The summed E-state index contributed by atoms with van der Waals surface area (Å²) < 4.78 is 5.16. The Morgan fingerprint density at radius 3 is 2.43 bits per heavy atom. The second kappa shape index (κ2) is 7.57. The fourth-order valence-corrected chi connectivity index (χ4v) is 2.51. The fourth-order valence-electron chi connectivity index (χ4n) is 1.99. The molecule has 128 valence electrons. The molecular weight excluding hydrogens is 409 g/mol. The van der Waals surface area contributed by atoms with Crippen molar-refractivity contribution in [1.29, 1.82) is 0 Å². The van der Waals surface area contributed by atoms with E-state index in [1.165, 1.54) is 12.2 Å². The zero-order valence-electron chi connectivity index (χ0n) is 12.8. The van der Waals surface area contributed by atoms with Crippen LogP contribution in [-0.2, 0) is 11.4 Å². The van der Waals surface area contributed by atoms with E-state index in [1.807, 2.05) is 0 Å². The van der Waals surface area contributed by atoms with Gasteiger partial charge in [0.2, 0.25) is 11.9 Å². The van der Waals surface area contributed by atoms with Gasteiger partial charge >= 0.3 is 0 Å². The minimum atomic E-state index is -0.779. The van der Waals surface area contributed by atoms with E-state index in [1.54, 1.807) is 26.0 Å². The molecule has 1 aromatic carbocycles. The van der Waals surface area contributed by atoms with Crippen LogP contribution < -0.4 is 16.2 Å². The molecule has 0 amide bonds. The van der Waals surface area contributed by atoms with Crippen molar-refractivity contribution in [2.24, 2.45) is 21.5 Å². The van der Waals surface area contributed by atoms with Crippen LogP contribution >= 0.6 is 40.2 Å². The molecule has 0 aromatic heterocycles. The summed E-state index contributed by atoms with van der Waals surface area (Å²) in [5, 5.41) is 2.26. The number of nitrogens with zero attached hydrogens (tertiary/aromatic N) is 3. The van der Waals surface area contributed by atoms with Gasteiger partial charge in [0.25, 0.3) is 0 Å². The predicted molar refractivity (Wildman–Crippen MR) is 97.3 cm³/mol. The van der Waals surface area contributed by atoms with E-state index in [0.717, 1.165) is 0 Å². The molecule has 23 heavy (non-hydrogen) atoms. The van der Waals surface area contributed by atoms with Gasteiger partial charge in [0.05, 0.1) is 12.1 Å². The molecule has 0 fully saturated rings. The third-order valence-corrected chi connectivity index (χ3v) is 3.64. The molecule has 0 radical (unpaired) electrons. The molecule has 0 spiro atoms. The number of nitrogens with two attached hydrogens (primary N) is 2. The van der Waals surface area contributed by atoms with E-state index < -0.39 is 5.66 Å². The maximum atomic E-state index is 6.16. The zero-order valence-corrected chi connectivity index (χ0v) is 16.1. The first-order valence-electron chi connectivity index (χ1n) is 6.39. The molecule has 7 nitrogen and oxygen atoms in total. The molecule has 0 unspecified atom stereocenters. The number of hydroxylamine groups is 2. The lowest BCUT2D eigenvalue weighted by molar-refractivity contribution is -0.166. The van der Waals surface area contributed by atoms with E-state index in [-0.39, 0.29) is 35.5 Å². The SMILES string of the molecule is Br.COc1cc(CON2C(N)=NC(N)=NC2(C)C)c(Cl)cc1Cl. The number of benzene rings is 1. The molecular formula is C13H18BrCl2N5O2. The molecule has 1 aliphatic rings. The number of ether oxygens (including phenoxy) is 1. The quantitative estimate of drug-likeness (QED) is 0.770. The first-order valence-corrected chi connectivity index (χ1v) is 7.14. The number of hydrogen-bond acceptors (Lipinski definition) is 7. The molecule has 1 aromatic rings. The molecule has 10 heteroatoms. The van der Waals surface area contributed by atoms with Crippen LogP contribution in [0.3, 0.4) is 0 Å². The van der Waals surface area contributed by atoms with Gasteiger partial charge in [-0.2, -0.15) is 10.1 Å². The van der Waals surface area contributed by atoms with Crippen LogP contribution in [0.15, 0.2) is 22.1 Å². The highest BCUT2D eigenvalue weighted by Crippen LogP contribution is 2.32. The van der Waals surface area contributed by atoms with Gasteiger partial charge < -0.3 is 16.2 Å². The highest BCUT2D eigenvalue weighted by atomic mass is 79.9. The summed E-state index contributed by atoms with van der Waals surface area (Å²) in [6.07, 6.45) is 0. The number of aliphatic imine (C=N–C) groups is 2. The van der Waals surface area contributed by atoms with Crippen LogP contribution in [0.1, 0.15) is 19.4 Å². The van der Waals surface area contributed by atoms with Gasteiger partial charge in [0.15, 0.2) is 5.66 Å². The average molecular weight is 427 g/mol. The number of halogens is 3. The normalized spacial score (nSPS) is 16.3. The zero-order chi connectivity index (χ0) is 16.5. The average Bonchev–Trinajstić information content (AvgIpc) is 2.38. The molecule has 4 N–H and O–H groups in total. The third kappa shape index (κ3) is 4.41. The second-order valence-corrected chi connectivity index (χ2v) is 5.89. The van der Waals surface area contributed by atoms with Crippen molar-refractivity contribution in [1.82, 2.24) is 5.06 Å². The van der Waals surface area contributed by atoms with Gasteiger partial charge in [0, 0.05) is 10.6 Å². The molecule has 0 saturated carbocycles. The highest BCUT2D eigenvalue weighted by molar-refractivity contribution is 8.93. The fraction of sp³-hybridized carbons (Fsp3) is 0.385. The lowest BCUT2D eigenvalue weighted by Gasteiger charge is -2.36. The molecule has 0 aliphatic carbocycles. The second-order valence-electron chi connectivity index (χ2n) is 5.08. The lowest BCUT2D eigenvalue weighted by Crippen LogP contribution is -2.53. The van der Waals surface area contributed by atoms with Gasteiger partial charge in [-0.05, 0) is 26.0 Å². The topological polar surface area (TPSA) is 98.5 Å². The van der Waals surface area contributed by atoms with E-state index in [4.69, 9.17) is 44.2 Å². The minimum Gasteiger partial charge on any atom is -0.495 e. The molecule has 1 aliphatic heterocycles. The van der Waals surface area contributed by atoms with Crippen molar-refractivity contribution in [2.75, 3.05) is 7.11 Å². The van der Waals surface area contributed by atoms with E-state index in [9.17, 15) is 0 Å². The van der Waals surface area contributed by atoms with Crippen molar-refractivity contribution in [3.8, 4) is 5.75 Å². The summed E-state index contributed by atoms with van der Waals surface area (Å²) in [4.78, 5) is 13.8. The van der Waals surface area contributed by atoms with Crippen LogP contribution in [-0.4, -0.2) is 29.8 Å². The Labute approximate surface area is 155 Å². The number of methoxy groups -OCH3 is 1. The summed E-state index contributed by atoms with van der Waals surface area (Å²) in [5.41, 5.74) is 11.3.